The number of carbonyl (C=O) groups is 2. The van der Waals surface area contributed by atoms with Gasteiger partial charge in [0.05, 0.1) is 12.8 Å². The minimum Gasteiger partial charge on any atom is -0.467 e. The van der Waals surface area contributed by atoms with Crippen LogP contribution >= 0.6 is 0 Å². The maximum atomic E-state index is 12.3. The Morgan fingerprint density at radius 1 is 0.957 bits per heavy atom. The van der Waals surface area contributed by atoms with E-state index >= 15 is 0 Å². The average Bonchev–Trinajstić information content (AvgIpc) is 2.60. The minimum atomic E-state index is -1.24. The van der Waals surface area contributed by atoms with Crippen molar-refractivity contribution in [2.45, 2.75) is 19.4 Å². The molecule has 0 amide bonds. The van der Waals surface area contributed by atoms with Crippen molar-refractivity contribution in [2.75, 3.05) is 12.2 Å². The maximum absolute atomic E-state index is 12.3. The third kappa shape index (κ3) is 3.40. The number of methoxy groups -OCH3 is 1. The molecule has 0 heterocycles. The van der Waals surface area contributed by atoms with Gasteiger partial charge in [-0.25, -0.2) is 9.86 Å². The molecule has 0 spiro atoms. The van der Waals surface area contributed by atoms with E-state index in [1.165, 1.54) is 7.11 Å². The molecule has 0 saturated heterocycles. The zero-order valence-corrected chi connectivity index (χ0v) is 13.3. The van der Waals surface area contributed by atoms with E-state index in [4.69, 9.17) is 0 Å². The fourth-order valence-electron chi connectivity index (χ4n) is 2.17. The van der Waals surface area contributed by atoms with E-state index < -0.39 is 11.5 Å². The maximum Gasteiger partial charge on any atom is 0.333 e. The second kappa shape index (κ2) is 6.62. The van der Waals surface area contributed by atoms with Gasteiger partial charge in [-0.05, 0) is 38.1 Å². The monoisotopic (exact) mass is 313 g/mol. The number of ketones is 1. The Balaban J connectivity index is 2.23. The molecule has 0 fully saturated rings. The highest BCUT2D eigenvalue weighted by atomic mass is 16.5. The first-order valence-corrected chi connectivity index (χ1v) is 7.15. The molecular formula is C18H19NO4. The molecule has 2 aromatic rings. The van der Waals surface area contributed by atoms with Gasteiger partial charge >= 0.3 is 5.97 Å². The smallest absolute Gasteiger partial charge is 0.333 e. The largest absolute Gasteiger partial charge is 0.467 e. The Morgan fingerprint density at radius 3 is 2.00 bits per heavy atom. The molecule has 0 aliphatic rings. The van der Waals surface area contributed by atoms with E-state index in [1.54, 1.807) is 62.4 Å². The first-order chi connectivity index (χ1) is 10.9. The van der Waals surface area contributed by atoms with Gasteiger partial charge in [-0.15, -0.1) is 0 Å². The van der Waals surface area contributed by atoms with Gasteiger partial charge in [0.25, 0.3) is 0 Å². The van der Waals surface area contributed by atoms with Crippen LogP contribution in [0.5, 0.6) is 0 Å². The number of ether oxygens (including phenoxy) is 1. The fraction of sp³-hybridized carbons (Fsp3) is 0.222. The molecule has 0 aliphatic heterocycles. The number of benzene rings is 2. The molecule has 0 bridgehead atoms. The van der Waals surface area contributed by atoms with Crippen molar-refractivity contribution < 1.29 is 19.5 Å². The van der Waals surface area contributed by atoms with Gasteiger partial charge in [0.2, 0.25) is 0 Å². The van der Waals surface area contributed by atoms with Crippen molar-refractivity contribution in [3.05, 3.63) is 65.7 Å². The van der Waals surface area contributed by atoms with Crippen LogP contribution in [0.25, 0.3) is 0 Å². The lowest BCUT2D eigenvalue weighted by molar-refractivity contribution is -0.148. The predicted molar refractivity (Wildman–Crippen MR) is 86.7 cm³/mol. The highest BCUT2D eigenvalue weighted by Crippen LogP contribution is 2.24. The summed E-state index contributed by atoms with van der Waals surface area (Å²) in [6.45, 7) is 3.09. The van der Waals surface area contributed by atoms with Gasteiger partial charge in [-0.1, -0.05) is 30.3 Å². The van der Waals surface area contributed by atoms with Crippen molar-refractivity contribution in [3.8, 4) is 0 Å². The Hall–Kier alpha value is -2.66. The number of nitrogens with zero attached hydrogens (tertiary/aromatic N) is 1. The van der Waals surface area contributed by atoms with Crippen LogP contribution in [-0.4, -0.2) is 29.6 Å². The lowest BCUT2D eigenvalue weighted by atomic mass is 10.0. The fourth-order valence-corrected chi connectivity index (χ4v) is 2.17. The quantitative estimate of drug-likeness (QED) is 0.522. The molecule has 0 saturated carbocycles. The van der Waals surface area contributed by atoms with Crippen molar-refractivity contribution in [2.24, 2.45) is 0 Å². The second-order valence-electron chi connectivity index (χ2n) is 5.60. The molecule has 0 atom stereocenters. The molecule has 5 nitrogen and oxygen atoms in total. The molecule has 2 rings (SSSR count). The van der Waals surface area contributed by atoms with E-state index in [9.17, 15) is 14.8 Å². The molecular weight excluding hydrogens is 294 g/mol. The highest BCUT2D eigenvalue weighted by Gasteiger charge is 2.35. The number of carbonyl (C=O) groups excluding carboxylic acids is 2. The van der Waals surface area contributed by atoms with Crippen molar-refractivity contribution in [3.63, 3.8) is 0 Å². The first-order valence-electron chi connectivity index (χ1n) is 7.15. The van der Waals surface area contributed by atoms with Crippen LogP contribution < -0.4 is 5.06 Å². The predicted octanol–water partition coefficient (Wildman–Crippen LogP) is 3.06. The van der Waals surface area contributed by atoms with Crippen molar-refractivity contribution in [1.29, 1.82) is 0 Å². The molecule has 0 aromatic heterocycles. The van der Waals surface area contributed by atoms with Gasteiger partial charge in [-0.2, -0.15) is 0 Å². The number of hydrogen-bond acceptors (Lipinski definition) is 5. The van der Waals surface area contributed by atoms with Gasteiger partial charge in [0.1, 0.15) is 0 Å². The van der Waals surface area contributed by atoms with Crippen LogP contribution in [0.2, 0.25) is 0 Å². The summed E-state index contributed by atoms with van der Waals surface area (Å²) in [5, 5.41) is 11.1. The van der Waals surface area contributed by atoms with Crippen LogP contribution in [0, 0.1) is 0 Å². The summed E-state index contributed by atoms with van der Waals surface area (Å²) < 4.78 is 4.68. The van der Waals surface area contributed by atoms with E-state index in [2.05, 4.69) is 4.74 Å². The molecule has 0 unspecified atom stereocenters. The lowest BCUT2D eigenvalue weighted by Crippen LogP contribution is -2.49. The Morgan fingerprint density at radius 2 is 1.48 bits per heavy atom. The van der Waals surface area contributed by atoms with E-state index in [0.29, 0.717) is 16.8 Å². The summed E-state index contributed by atoms with van der Waals surface area (Å²) in [6, 6.07) is 15.3. The number of hydrogen-bond donors (Lipinski definition) is 1. The summed E-state index contributed by atoms with van der Waals surface area (Å²) in [6.07, 6.45) is 0. The normalized spacial score (nSPS) is 11.0. The molecule has 2 aromatic carbocycles. The SMILES string of the molecule is COC(=O)C(C)(C)N(O)c1ccc(C(=O)c2ccccc2)cc1. The van der Waals surface area contributed by atoms with Gasteiger partial charge in [0, 0.05) is 11.1 Å². The summed E-state index contributed by atoms with van der Waals surface area (Å²) in [7, 11) is 1.26. The topological polar surface area (TPSA) is 66.8 Å². The van der Waals surface area contributed by atoms with Crippen LogP contribution in [0.1, 0.15) is 29.8 Å². The van der Waals surface area contributed by atoms with Crippen LogP contribution in [0.4, 0.5) is 5.69 Å². The molecule has 0 radical (unpaired) electrons. The van der Waals surface area contributed by atoms with Crippen LogP contribution in [-0.2, 0) is 9.53 Å². The van der Waals surface area contributed by atoms with Crippen molar-refractivity contribution in [1.82, 2.24) is 0 Å². The third-order valence-corrected chi connectivity index (χ3v) is 3.62. The average molecular weight is 313 g/mol. The van der Waals surface area contributed by atoms with Gasteiger partial charge < -0.3 is 4.74 Å². The number of anilines is 1. The summed E-state index contributed by atoms with van der Waals surface area (Å²) in [5.74, 6) is -0.668. The number of hydroxylamine groups is 1. The second-order valence-corrected chi connectivity index (χ2v) is 5.60. The molecule has 5 heteroatoms. The van der Waals surface area contributed by atoms with E-state index in [1.807, 2.05) is 6.07 Å². The van der Waals surface area contributed by atoms with Gasteiger partial charge in [0.15, 0.2) is 11.3 Å². The minimum absolute atomic E-state index is 0.103. The molecule has 0 aliphatic carbocycles. The standard InChI is InChI=1S/C18H19NO4/c1-18(2,17(21)23-3)19(22)15-11-9-14(10-12-15)16(20)13-7-5-4-6-8-13/h4-12,22H,1-3H3. The zero-order valence-electron chi connectivity index (χ0n) is 13.3. The molecule has 23 heavy (non-hydrogen) atoms. The number of rotatable bonds is 5. The summed E-state index contributed by atoms with van der Waals surface area (Å²) in [5.41, 5.74) is 0.255. The van der Waals surface area contributed by atoms with E-state index in [0.717, 1.165) is 5.06 Å². The highest BCUT2D eigenvalue weighted by molar-refractivity contribution is 6.09. The Bertz CT molecular complexity index is 693. The van der Waals surface area contributed by atoms with Crippen molar-refractivity contribution >= 4 is 17.4 Å². The Kier molecular flexibility index (Phi) is 4.81. The lowest BCUT2D eigenvalue weighted by Gasteiger charge is -2.32. The summed E-state index contributed by atoms with van der Waals surface area (Å²) >= 11 is 0. The van der Waals surface area contributed by atoms with E-state index in [-0.39, 0.29) is 5.78 Å². The third-order valence-electron chi connectivity index (χ3n) is 3.62. The van der Waals surface area contributed by atoms with Crippen LogP contribution in [0.15, 0.2) is 54.6 Å². The molecule has 1 N–H and O–H groups in total. The van der Waals surface area contributed by atoms with Gasteiger partial charge in [-0.3, -0.25) is 10.0 Å². The summed E-state index contributed by atoms with van der Waals surface area (Å²) in [4.78, 5) is 24.1. The first kappa shape index (κ1) is 16.7. The zero-order chi connectivity index (χ0) is 17.0. The molecule has 120 valence electrons. The number of esters is 1. The Labute approximate surface area is 135 Å². The van der Waals surface area contributed by atoms with Crippen LogP contribution in [0.3, 0.4) is 0 Å².